The molecule has 3 rings (SSSR count). The topological polar surface area (TPSA) is 84.5 Å². The standard InChI is InChI=1S/C21H17FN2O4S/c1-13-4-9-17(16(22)11-13)24-19(25)12-28-21(27)14-5-7-15(8-6-14)23-20(26)18-3-2-10-29-18/h2-11H,12H2,1H3,(H,23,26)(H,24,25). The number of anilines is 2. The summed E-state index contributed by atoms with van der Waals surface area (Å²) in [5, 5.41) is 6.87. The number of halogens is 1. The second-order valence-electron chi connectivity index (χ2n) is 6.12. The molecule has 0 atom stereocenters. The summed E-state index contributed by atoms with van der Waals surface area (Å²) in [6.45, 7) is 1.18. The summed E-state index contributed by atoms with van der Waals surface area (Å²) in [6.07, 6.45) is 0. The van der Waals surface area contributed by atoms with Crippen molar-refractivity contribution in [2.45, 2.75) is 6.92 Å². The summed E-state index contributed by atoms with van der Waals surface area (Å²) < 4.78 is 18.7. The minimum absolute atomic E-state index is 0.0162. The first kappa shape index (κ1) is 20.2. The van der Waals surface area contributed by atoms with E-state index in [0.29, 0.717) is 10.6 Å². The molecule has 1 aromatic heterocycles. The van der Waals surface area contributed by atoms with Gasteiger partial charge < -0.3 is 15.4 Å². The number of carbonyl (C=O) groups is 3. The highest BCUT2D eigenvalue weighted by atomic mass is 32.1. The molecule has 148 valence electrons. The largest absolute Gasteiger partial charge is 0.452 e. The van der Waals surface area contributed by atoms with Crippen LogP contribution in [-0.2, 0) is 9.53 Å². The maximum Gasteiger partial charge on any atom is 0.338 e. The molecule has 3 aromatic rings. The predicted molar refractivity (Wildman–Crippen MR) is 109 cm³/mol. The van der Waals surface area contributed by atoms with Gasteiger partial charge >= 0.3 is 5.97 Å². The number of thiophene rings is 1. The Hall–Kier alpha value is -3.52. The molecule has 2 N–H and O–H groups in total. The van der Waals surface area contributed by atoms with Crippen molar-refractivity contribution in [3.63, 3.8) is 0 Å². The second-order valence-corrected chi connectivity index (χ2v) is 7.06. The molecule has 0 saturated carbocycles. The first-order chi connectivity index (χ1) is 13.9. The zero-order valence-electron chi connectivity index (χ0n) is 15.4. The van der Waals surface area contributed by atoms with Gasteiger partial charge in [-0.3, -0.25) is 9.59 Å². The molecule has 0 aliphatic carbocycles. The van der Waals surface area contributed by atoms with Crippen molar-refractivity contribution in [2.75, 3.05) is 17.2 Å². The quantitative estimate of drug-likeness (QED) is 0.593. The van der Waals surface area contributed by atoms with Crippen LogP contribution in [0.5, 0.6) is 0 Å². The van der Waals surface area contributed by atoms with Crippen LogP contribution in [0, 0.1) is 12.7 Å². The zero-order valence-corrected chi connectivity index (χ0v) is 16.2. The molecule has 0 bridgehead atoms. The average Bonchev–Trinajstić information content (AvgIpc) is 3.24. The summed E-state index contributed by atoms with van der Waals surface area (Å²) in [7, 11) is 0. The number of hydrogen-bond donors (Lipinski definition) is 2. The minimum atomic E-state index is -0.708. The number of amides is 2. The molecule has 29 heavy (non-hydrogen) atoms. The lowest BCUT2D eigenvalue weighted by atomic mass is 10.2. The Balaban J connectivity index is 1.51. The number of rotatable bonds is 6. The van der Waals surface area contributed by atoms with Gasteiger partial charge in [-0.1, -0.05) is 12.1 Å². The molecule has 2 amide bonds. The molecule has 2 aromatic carbocycles. The van der Waals surface area contributed by atoms with E-state index in [1.54, 1.807) is 42.6 Å². The summed E-state index contributed by atoms with van der Waals surface area (Å²) >= 11 is 1.32. The van der Waals surface area contributed by atoms with Crippen LogP contribution in [-0.4, -0.2) is 24.4 Å². The molecule has 1 heterocycles. The fourth-order valence-corrected chi connectivity index (χ4v) is 3.03. The fraction of sp³-hybridized carbons (Fsp3) is 0.0952. The Bertz CT molecular complexity index is 1030. The van der Waals surface area contributed by atoms with E-state index in [2.05, 4.69) is 10.6 Å². The lowest BCUT2D eigenvalue weighted by Gasteiger charge is -2.08. The van der Waals surface area contributed by atoms with Crippen LogP contribution in [0.4, 0.5) is 15.8 Å². The normalized spacial score (nSPS) is 10.3. The SMILES string of the molecule is Cc1ccc(NC(=O)COC(=O)c2ccc(NC(=O)c3cccs3)cc2)c(F)c1. The first-order valence-corrected chi connectivity index (χ1v) is 9.48. The number of nitrogens with one attached hydrogen (secondary N) is 2. The Morgan fingerprint density at radius 2 is 1.79 bits per heavy atom. The number of ether oxygens (including phenoxy) is 1. The number of esters is 1. The van der Waals surface area contributed by atoms with E-state index in [9.17, 15) is 18.8 Å². The van der Waals surface area contributed by atoms with Crippen LogP contribution in [0.15, 0.2) is 60.0 Å². The van der Waals surface area contributed by atoms with Crippen LogP contribution in [0.1, 0.15) is 25.6 Å². The highest BCUT2D eigenvalue weighted by Crippen LogP contribution is 2.16. The van der Waals surface area contributed by atoms with Crippen molar-refractivity contribution in [3.8, 4) is 0 Å². The fourth-order valence-electron chi connectivity index (χ4n) is 2.41. The highest BCUT2D eigenvalue weighted by molar-refractivity contribution is 7.12. The van der Waals surface area contributed by atoms with Gasteiger partial charge in [0, 0.05) is 5.69 Å². The van der Waals surface area contributed by atoms with Crippen molar-refractivity contribution in [3.05, 3.63) is 81.8 Å². The van der Waals surface area contributed by atoms with E-state index in [0.717, 1.165) is 5.56 Å². The van der Waals surface area contributed by atoms with Gasteiger partial charge in [0.1, 0.15) is 5.82 Å². The zero-order chi connectivity index (χ0) is 20.8. The van der Waals surface area contributed by atoms with Crippen molar-refractivity contribution in [2.24, 2.45) is 0 Å². The summed E-state index contributed by atoms with van der Waals surface area (Å²) in [4.78, 5) is 36.5. The number of carbonyl (C=O) groups excluding carboxylic acids is 3. The van der Waals surface area contributed by atoms with Crippen LogP contribution in [0.2, 0.25) is 0 Å². The summed E-state index contributed by atoms with van der Waals surface area (Å²) in [5.74, 6) is -2.17. The average molecular weight is 412 g/mol. The van der Waals surface area contributed by atoms with Gasteiger partial charge in [-0.05, 0) is 60.3 Å². The highest BCUT2D eigenvalue weighted by Gasteiger charge is 2.13. The molecular weight excluding hydrogens is 395 g/mol. The lowest BCUT2D eigenvalue weighted by Crippen LogP contribution is -2.21. The Kier molecular flexibility index (Phi) is 6.36. The van der Waals surface area contributed by atoms with Crippen molar-refractivity contribution >= 4 is 40.5 Å². The van der Waals surface area contributed by atoms with Crippen LogP contribution >= 0.6 is 11.3 Å². The van der Waals surface area contributed by atoms with Gasteiger partial charge in [0.2, 0.25) is 0 Å². The number of benzene rings is 2. The van der Waals surface area contributed by atoms with Crippen LogP contribution in [0.25, 0.3) is 0 Å². The summed E-state index contributed by atoms with van der Waals surface area (Å²) in [6, 6.07) is 13.9. The van der Waals surface area contributed by atoms with E-state index in [4.69, 9.17) is 4.74 Å². The maximum absolute atomic E-state index is 13.7. The molecule has 0 spiro atoms. The van der Waals surface area contributed by atoms with Gasteiger partial charge in [0.25, 0.3) is 11.8 Å². The second kappa shape index (κ2) is 9.11. The maximum atomic E-state index is 13.7. The van der Waals surface area contributed by atoms with Gasteiger partial charge in [-0.2, -0.15) is 0 Å². The molecule has 0 saturated heterocycles. The van der Waals surface area contributed by atoms with Crippen molar-refractivity contribution < 1.29 is 23.5 Å². The minimum Gasteiger partial charge on any atom is -0.452 e. The third-order valence-electron chi connectivity index (χ3n) is 3.86. The smallest absolute Gasteiger partial charge is 0.338 e. The van der Waals surface area contributed by atoms with E-state index >= 15 is 0 Å². The van der Waals surface area contributed by atoms with E-state index in [-0.39, 0.29) is 17.2 Å². The van der Waals surface area contributed by atoms with E-state index in [1.807, 2.05) is 0 Å². The van der Waals surface area contributed by atoms with E-state index < -0.39 is 24.3 Å². The number of hydrogen-bond acceptors (Lipinski definition) is 5. The Morgan fingerprint density at radius 3 is 2.45 bits per heavy atom. The molecular formula is C21H17FN2O4S. The Labute approximate surface area is 170 Å². The van der Waals surface area contributed by atoms with Crippen molar-refractivity contribution in [1.29, 1.82) is 0 Å². The van der Waals surface area contributed by atoms with Gasteiger partial charge in [-0.25, -0.2) is 9.18 Å². The number of aryl methyl sites for hydroxylation is 1. The first-order valence-electron chi connectivity index (χ1n) is 8.60. The Morgan fingerprint density at radius 1 is 1.03 bits per heavy atom. The van der Waals surface area contributed by atoms with Crippen molar-refractivity contribution in [1.82, 2.24) is 0 Å². The summed E-state index contributed by atoms with van der Waals surface area (Å²) in [5.41, 5.74) is 1.48. The van der Waals surface area contributed by atoms with Crippen LogP contribution in [0.3, 0.4) is 0 Å². The molecule has 0 aliphatic rings. The van der Waals surface area contributed by atoms with Crippen LogP contribution < -0.4 is 10.6 Å². The molecule has 0 radical (unpaired) electrons. The third-order valence-corrected chi connectivity index (χ3v) is 4.73. The lowest BCUT2D eigenvalue weighted by molar-refractivity contribution is -0.119. The van der Waals surface area contributed by atoms with Gasteiger partial charge in [-0.15, -0.1) is 11.3 Å². The predicted octanol–water partition coefficient (Wildman–Crippen LogP) is 4.24. The van der Waals surface area contributed by atoms with E-state index in [1.165, 1.54) is 35.6 Å². The molecule has 0 unspecified atom stereocenters. The molecule has 0 fully saturated rings. The van der Waals surface area contributed by atoms with Gasteiger partial charge in [0.15, 0.2) is 6.61 Å². The molecule has 6 nitrogen and oxygen atoms in total. The third kappa shape index (κ3) is 5.49. The molecule has 0 aliphatic heterocycles. The monoisotopic (exact) mass is 412 g/mol. The van der Waals surface area contributed by atoms with Gasteiger partial charge in [0.05, 0.1) is 16.1 Å². The molecule has 8 heteroatoms.